The maximum Gasteiger partial charge on any atom is 0.397 e. The van der Waals surface area contributed by atoms with Gasteiger partial charge in [0.2, 0.25) is 0 Å². The fourth-order valence-corrected chi connectivity index (χ4v) is 8.81. The molecular formula is C59H102O12S. The van der Waals surface area contributed by atoms with Gasteiger partial charge in [-0.2, -0.15) is 8.42 Å². The number of hydrogen-bond donors (Lipinski definition) is 4. The molecule has 72 heavy (non-hydrogen) atoms. The lowest BCUT2D eigenvalue weighted by Gasteiger charge is -2.41. The number of rotatable bonds is 49. The average Bonchev–Trinajstić information content (AvgIpc) is 3.36. The molecule has 1 heterocycles. The molecule has 0 saturated carbocycles. The smallest absolute Gasteiger partial charge is 0.397 e. The van der Waals surface area contributed by atoms with E-state index in [1.165, 1.54) is 109 Å². The Balaban J connectivity index is 2.35. The fourth-order valence-electron chi connectivity index (χ4n) is 8.30. The predicted molar refractivity (Wildman–Crippen MR) is 294 cm³/mol. The lowest BCUT2D eigenvalue weighted by Crippen LogP contribution is -2.60. The first-order valence-corrected chi connectivity index (χ1v) is 29.7. The van der Waals surface area contributed by atoms with E-state index < -0.39 is 59.8 Å². The Morgan fingerprint density at radius 1 is 0.542 bits per heavy atom. The van der Waals surface area contributed by atoms with Crippen molar-refractivity contribution < 1.29 is 56.2 Å². The van der Waals surface area contributed by atoms with Crippen molar-refractivity contribution >= 4 is 16.4 Å². The molecule has 416 valence electrons. The highest BCUT2D eigenvalue weighted by molar-refractivity contribution is 7.80. The van der Waals surface area contributed by atoms with E-state index in [2.05, 4.69) is 103 Å². The van der Waals surface area contributed by atoms with Crippen molar-refractivity contribution in [2.75, 3.05) is 26.4 Å². The molecule has 0 bridgehead atoms. The van der Waals surface area contributed by atoms with Crippen LogP contribution in [0.5, 0.6) is 0 Å². The van der Waals surface area contributed by atoms with Gasteiger partial charge in [0.1, 0.15) is 30.5 Å². The molecule has 12 nitrogen and oxygen atoms in total. The van der Waals surface area contributed by atoms with Crippen molar-refractivity contribution in [3.8, 4) is 0 Å². The van der Waals surface area contributed by atoms with Gasteiger partial charge in [-0.3, -0.25) is 9.35 Å². The van der Waals surface area contributed by atoms with Gasteiger partial charge in [0, 0.05) is 13.0 Å². The second-order valence-corrected chi connectivity index (χ2v) is 20.2. The van der Waals surface area contributed by atoms with Gasteiger partial charge in [0.25, 0.3) is 0 Å². The van der Waals surface area contributed by atoms with Crippen LogP contribution in [0.15, 0.2) is 85.1 Å². The maximum atomic E-state index is 12.9. The summed E-state index contributed by atoms with van der Waals surface area (Å²) in [5.41, 5.74) is 0. The van der Waals surface area contributed by atoms with Crippen molar-refractivity contribution in [2.24, 2.45) is 0 Å². The molecule has 0 aromatic heterocycles. The number of aliphatic hydroxyl groups is 3. The molecule has 0 aromatic carbocycles. The zero-order valence-electron chi connectivity index (χ0n) is 45.0. The van der Waals surface area contributed by atoms with Gasteiger partial charge in [-0.15, -0.1) is 0 Å². The van der Waals surface area contributed by atoms with Crippen LogP contribution in [-0.4, -0.2) is 97.5 Å². The number of carbonyl (C=O) groups is 1. The third-order valence-corrected chi connectivity index (χ3v) is 13.0. The molecule has 1 fully saturated rings. The van der Waals surface area contributed by atoms with Crippen molar-refractivity contribution in [3.05, 3.63) is 85.1 Å². The molecule has 6 atom stereocenters. The molecule has 0 spiro atoms. The first kappa shape index (κ1) is 67.3. The minimum absolute atomic E-state index is 0.0201. The highest BCUT2D eigenvalue weighted by Crippen LogP contribution is 2.26. The summed E-state index contributed by atoms with van der Waals surface area (Å²) in [6.07, 6.45) is 57.6. The molecular weight excluding hydrogens is 933 g/mol. The van der Waals surface area contributed by atoms with Gasteiger partial charge in [0.15, 0.2) is 6.29 Å². The number of hydrogen-bond acceptors (Lipinski definition) is 11. The Hall–Kier alpha value is -2.72. The Morgan fingerprint density at radius 2 is 0.958 bits per heavy atom. The first-order valence-electron chi connectivity index (χ1n) is 28.3. The fraction of sp³-hybridized carbons (Fsp3) is 0.746. The minimum atomic E-state index is -5.08. The number of esters is 1. The zero-order chi connectivity index (χ0) is 52.4. The highest BCUT2D eigenvalue weighted by Gasteiger charge is 2.48. The van der Waals surface area contributed by atoms with Gasteiger partial charge in [-0.05, 0) is 70.6 Å². The van der Waals surface area contributed by atoms with Crippen molar-refractivity contribution in [1.29, 1.82) is 0 Å². The Bertz CT molecular complexity index is 1570. The lowest BCUT2D eigenvalue weighted by atomic mass is 9.99. The largest absolute Gasteiger partial charge is 0.457 e. The quantitative estimate of drug-likeness (QED) is 0.0196. The summed E-state index contributed by atoms with van der Waals surface area (Å²) < 4.78 is 59.4. The summed E-state index contributed by atoms with van der Waals surface area (Å²) in [5.74, 6) is -0.430. The van der Waals surface area contributed by atoms with Crippen LogP contribution in [0, 0.1) is 0 Å². The number of unbranched alkanes of at least 4 members (excludes halogenated alkanes) is 22. The summed E-state index contributed by atoms with van der Waals surface area (Å²) in [4.78, 5) is 12.9. The van der Waals surface area contributed by atoms with Crippen LogP contribution in [0.25, 0.3) is 0 Å². The maximum absolute atomic E-state index is 12.9. The second-order valence-electron chi connectivity index (χ2n) is 19.2. The summed E-state index contributed by atoms with van der Waals surface area (Å²) in [6, 6.07) is 0. The third-order valence-electron chi connectivity index (χ3n) is 12.5. The van der Waals surface area contributed by atoms with E-state index in [0.29, 0.717) is 13.0 Å². The van der Waals surface area contributed by atoms with E-state index in [1.807, 2.05) is 0 Å². The van der Waals surface area contributed by atoms with Crippen LogP contribution >= 0.6 is 0 Å². The normalized spacial score (nSPS) is 19.6. The molecule has 1 aliphatic rings. The SMILES string of the molecule is CC/C=C\C/C=C\C/C=C\C/C=C\C/C=C\C/C=C\C/C=C\CCCCCC(=O)OC(COCCCCCCCCCCCCCCCCCCCCCC)COC1OC(CO)C(O)C(OS(=O)(=O)O)C1O. The molecule has 1 rings (SSSR count). The third kappa shape index (κ3) is 41.6. The van der Waals surface area contributed by atoms with Crippen molar-refractivity contribution in [3.63, 3.8) is 0 Å². The molecule has 1 saturated heterocycles. The van der Waals surface area contributed by atoms with Crippen LogP contribution < -0.4 is 0 Å². The monoisotopic (exact) mass is 1030 g/mol. The molecule has 0 aliphatic carbocycles. The highest BCUT2D eigenvalue weighted by atomic mass is 32.3. The van der Waals surface area contributed by atoms with Crippen molar-refractivity contribution in [1.82, 2.24) is 0 Å². The molecule has 13 heteroatoms. The van der Waals surface area contributed by atoms with Crippen LogP contribution in [0.1, 0.15) is 219 Å². The number of ether oxygens (including phenoxy) is 4. The minimum Gasteiger partial charge on any atom is -0.457 e. The van der Waals surface area contributed by atoms with Crippen LogP contribution in [0.4, 0.5) is 0 Å². The van der Waals surface area contributed by atoms with E-state index >= 15 is 0 Å². The van der Waals surface area contributed by atoms with Gasteiger partial charge >= 0.3 is 16.4 Å². The number of allylic oxidation sites excluding steroid dienone is 14. The van der Waals surface area contributed by atoms with Gasteiger partial charge in [-0.25, -0.2) is 4.18 Å². The van der Waals surface area contributed by atoms with Crippen LogP contribution in [0.3, 0.4) is 0 Å². The first-order chi connectivity index (χ1) is 35.1. The Morgan fingerprint density at radius 3 is 1.39 bits per heavy atom. The number of aliphatic hydroxyl groups excluding tert-OH is 3. The van der Waals surface area contributed by atoms with Gasteiger partial charge < -0.3 is 34.3 Å². The summed E-state index contributed by atoms with van der Waals surface area (Å²) in [6.45, 7) is 3.86. The Kier molecular flexibility index (Phi) is 46.0. The predicted octanol–water partition coefficient (Wildman–Crippen LogP) is 14.0. The topological polar surface area (TPSA) is 178 Å². The van der Waals surface area contributed by atoms with Gasteiger partial charge in [-0.1, -0.05) is 227 Å². The molecule has 0 aromatic rings. The van der Waals surface area contributed by atoms with Crippen molar-refractivity contribution in [2.45, 2.75) is 256 Å². The van der Waals surface area contributed by atoms with E-state index in [9.17, 15) is 33.1 Å². The molecule has 0 amide bonds. The van der Waals surface area contributed by atoms with E-state index in [-0.39, 0.29) is 19.6 Å². The van der Waals surface area contributed by atoms with Crippen LogP contribution in [0.2, 0.25) is 0 Å². The lowest BCUT2D eigenvalue weighted by molar-refractivity contribution is -0.301. The molecule has 1 aliphatic heterocycles. The second kappa shape index (κ2) is 49.2. The van der Waals surface area contributed by atoms with E-state index in [0.717, 1.165) is 83.5 Å². The number of carbonyl (C=O) groups excluding carboxylic acids is 1. The Labute approximate surface area is 438 Å². The molecule has 6 unspecified atom stereocenters. The summed E-state index contributed by atoms with van der Waals surface area (Å²) in [7, 11) is -5.08. The van der Waals surface area contributed by atoms with Gasteiger partial charge in [0.05, 0.1) is 19.8 Å². The van der Waals surface area contributed by atoms with E-state index in [4.69, 9.17) is 18.9 Å². The standard InChI is InChI=1S/C59H102O12S/c1-3-5-7-9-11-13-15-17-19-21-23-25-26-27-28-29-30-32-34-36-38-40-42-44-46-48-55(61)69-53(52-68-59-57(63)58(71-72(64,65)66)56(62)54(50-60)70-59)51-67-49-47-45-43-41-39-37-35-33-31-24-22-20-18-16-14-12-10-8-6-4-2/h5,7,11,13,17,19,23,25,27-28,30,32,36,38,53-54,56-60,62-63H,3-4,6,8-10,12,14-16,18,20-22,24,26,29,31,33-35,37,39-52H2,1-2H3,(H,64,65,66)/b7-5-,13-11-,19-17-,25-23-,28-27-,32-30-,38-36-. The molecule has 4 N–H and O–H groups in total. The average molecular weight is 1040 g/mol. The van der Waals surface area contributed by atoms with Crippen LogP contribution in [-0.2, 0) is 38.3 Å². The zero-order valence-corrected chi connectivity index (χ0v) is 45.8. The summed E-state index contributed by atoms with van der Waals surface area (Å²) >= 11 is 0. The molecule has 0 radical (unpaired) electrons. The van der Waals surface area contributed by atoms with E-state index in [1.54, 1.807) is 0 Å². The summed E-state index contributed by atoms with van der Waals surface area (Å²) in [5, 5.41) is 30.8.